The Morgan fingerprint density at radius 3 is 2.50 bits per heavy atom. The van der Waals surface area contributed by atoms with Gasteiger partial charge in [-0.15, -0.1) is 0 Å². The van der Waals surface area contributed by atoms with E-state index in [4.69, 9.17) is 5.10 Å². The predicted molar refractivity (Wildman–Crippen MR) is 98.8 cm³/mol. The number of aromatic nitrogens is 2. The molecular formula is C20H29F3N4O. The molecule has 8 heteroatoms. The van der Waals surface area contributed by atoms with Gasteiger partial charge in [0.1, 0.15) is 0 Å². The monoisotopic (exact) mass is 398 g/mol. The highest BCUT2D eigenvalue weighted by atomic mass is 19.4. The first-order chi connectivity index (χ1) is 13.4. The third kappa shape index (κ3) is 4.53. The van der Waals surface area contributed by atoms with Crippen LogP contribution in [0, 0.1) is 5.92 Å². The van der Waals surface area contributed by atoms with Crippen molar-refractivity contribution in [2.75, 3.05) is 19.6 Å². The lowest BCUT2D eigenvalue weighted by molar-refractivity contribution is -0.149. The smallest absolute Gasteiger partial charge is 0.347 e. The van der Waals surface area contributed by atoms with Crippen molar-refractivity contribution in [3.63, 3.8) is 0 Å². The Bertz CT molecular complexity index is 688. The molecule has 0 spiro atoms. The first-order valence-electron chi connectivity index (χ1n) is 10.6. The SMILES string of the molecule is O=C(N[C@H]1CCCc2cn(C3CCCC3)nc21)C1CCN(CC(F)(F)F)CC1. The van der Waals surface area contributed by atoms with Crippen molar-refractivity contribution < 1.29 is 18.0 Å². The number of fused-ring (bicyclic) bond motifs is 1. The second-order valence-corrected chi connectivity index (χ2v) is 8.58. The van der Waals surface area contributed by atoms with Crippen LogP contribution in [0.1, 0.15) is 74.7 Å². The van der Waals surface area contributed by atoms with Gasteiger partial charge >= 0.3 is 6.18 Å². The maximum absolute atomic E-state index is 12.7. The molecule has 0 unspecified atom stereocenters. The van der Waals surface area contributed by atoms with E-state index in [9.17, 15) is 18.0 Å². The van der Waals surface area contributed by atoms with Crippen LogP contribution in [0.4, 0.5) is 13.2 Å². The molecular weight excluding hydrogens is 369 g/mol. The molecule has 0 bridgehead atoms. The van der Waals surface area contributed by atoms with Gasteiger partial charge in [0.2, 0.25) is 5.91 Å². The molecule has 1 saturated heterocycles. The van der Waals surface area contributed by atoms with E-state index in [-0.39, 0.29) is 17.9 Å². The number of hydrogen-bond acceptors (Lipinski definition) is 3. The van der Waals surface area contributed by atoms with Crippen LogP contribution in [0.5, 0.6) is 0 Å². The Labute approximate surface area is 163 Å². The van der Waals surface area contributed by atoms with Crippen molar-refractivity contribution in [2.45, 2.75) is 76.0 Å². The number of nitrogens with one attached hydrogen (secondary N) is 1. The fourth-order valence-corrected chi connectivity index (χ4v) is 4.96. The number of rotatable bonds is 4. The molecule has 0 radical (unpaired) electrons. The van der Waals surface area contributed by atoms with Gasteiger partial charge in [-0.3, -0.25) is 14.4 Å². The van der Waals surface area contributed by atoms with Gasteiger partial charge in [-0.25, -0.2) is 0 Å². The second kappa shape index (κ2) is 8.05. The van der Waals surface area contributed by atoms with Gasteiger partial charge in [0.25, 0.3) is 0 Å². The molecule has 1 amide bonds. The van der Waals surface area contributed by atoms with Crippen LogP contribution in [0.15, 0.2) is 6.20 Å². The van der Waals surface area contributed by atoms with E-state index in [1.54, 1.807) is 0 Å². The number of halogens is 3. The number of likely N-dealkylation sites (tertiary alicyclic amines) is 1. The molecule has 1 aromatic heterocycles. The second-order valence-electron chi connectivity index (χ2n) is 8.58. The van der Waals surface area contributed by atoms with E-state index in [0.717, 1.165) is 25.0 Å². The van der Waals surface area contributed by atoms with E-state index in [2.05, 4.69) is 16.2 Å². The summed E-state index contributed by atoms with van der Waals surface area (Å²) >= 11 is 0. The molecule has 1 saturated carbocycles. The summed E-state index contributed by atoms with van der Waals surface area (Å²) in [7, 11) is 0. The van der Waals surface area contributed by atoms with Crippen molar-refractivity contribution in [2.24, 2.45) is 5.92 Å². The Hall–Kier alpha value is -1.57. The van der Waals surface area contributed by atoms with Crippen LogP contribution in [0.25, 0.3) is 0 Å². The van der Waals surface area contributed by atoms with Gasteiger partial charge < -0.3 is 5.32 Å². The number of alkyl halides is 3. The van der Waals surface area contributed by atoms with Gasteiger partial charge in [0.15, 0.2) is 0 Å². The van der Waals surface area contributed by atoms with E-state index in [0.29, 0.717) is 32.0 Å². The number of aryl methyl sites for hydroxylation is 1. The molecule has 4 rings (SSSR count). The number of amides is 1. The zero-order chi connectivity index (χ0) is 19.7. The van der Waals surface area contributed by atoms with E-state index in [1.807, 2.05) is 0 Å². The summed E-state index contributed by atoms with van der Waals surface area (Å²) in [5.41, 5.74) is 2.24. The Morgan fingerprint density at radius 1 is 1.11 bits per heavy atom. The molecule has 3 aliphatic rings. The largest absolute Gasteiger partial charge is 0.401 e. The maximum Gasteiger partial charge on any atom is 0.401 e. The van der Waals surface area contributed by atoms with E-state index >= 15 is 0 Å². The minimum absolute atomic E-state index is 0.0278. The third-order valence-electron chi connectivity index (χ3n) is 6.49. The molecule has 1 N–H and O–H groups in total. The number of hydrogen-bond donors (Lipinski definition) is 1. The molecule has 28 heavy (non-hydrogen) atoms. The van der Waals surface area contributed by atoms with Gasteiger partial charge in [0.05, 0.1) is 24.3 Å². The fraction of sp³-hybridized carbons (Fsp3) is 0.800. The molecule has 1 atom stereocenters. The molecule has 2 fully saturated rings. The summed E-state index contributed by atoms with van der Waals surface area (Å²) in [6.07, 6.45) is 6.73. The van der Waals surface area contributed by atoms with E-state index < -0.39 is 12.7 Å². The van der Waals surface area contributed by atoms with Crippen LogP contribution in [-0.4, -0.2) is 46.4 Å². The van der Waals surface area contributed by atoms with Crippen molar-refractivity contribution in [3.05, 3.63) is 17.5 Å². The van der Waals surface area contributed by atoms with Crippen LogP contribution >= 0.6 is 0 Å². The highest BCUT2D eigenvalue weighted by Gasteiger charge is 2.35. The number of carbonyl (C=O) groups excluding carboxylic acids is 1. The third-order valence-corrected chi connectivity index (χ3v) is 6.49. The minimum atomic E-state index is -4.17. The first-order valence-corrected chi connectivity index (χ1v) is 10.6. The zero-order valence-electron chi connectivity index (χ0n) is 16.2. The minimum Gasteiger partial charge on any atom is -0.347 e. The topological polar surface area (TPSA) is 50.2 Å². The van der Waals surface area contributed by atoms with Crippen LogP contribution in [-0.2, 0) is 11.2 Å². The summed E-state index contributed by atoms with van der Waals surface area (Å²) in [6.45, 7) is -0.237. The van der Waals surface area contributed by atoms with Crippen molar-refractivity contribution in [1.82, 2.24) is 20.0 Å². The quantitative estimate of drug-likeness (QED) is 0.840. The van der Waals surface area contributed by atoms with Crippen LogP contribution in [0.2, 0.25) is 0 Å². The predicted octanol–water partition coefficient (Wildman–Crippen LogP) is 3.77. The zero-order valence-corrected chi connectivity index (χ0v) is 16.2. The summed E-state index contributed by atoms with van der Waals surface area (Å²) < 4.78 is 39.7. The van der Waals surface area contributed by atoms with E-state index in [1.165, 1.54) is 36.1 Å². The molecule has 1 aliphatic heterocycles. The Kier molecular flexibility index (Phi) is 5.67. The van der Waals surface area contributed by atoms with Crippen LogP contribution < -0.4 is 5.32 Å². The molecule has 5 nitrogen and oxygen atoms in total. The lowest BCUT2D eigenvalue weighted by atomic mass is 9.91. The number of nitrogens with zero attached hydrogens (tertiary/aromatic N) is 3. The van der Waals surface area contributed by atoms with Gasteiger partial charge in [-0.2, -0.15) is 18.3 Å². The number of carbonyl (C=O) groups is 1. The normalized spacial score (nSPS) is 25.0. The summed E-state index contributed by atoms with van der Waals surface area (Å²) in [6, 6.07) is 0.423. The average Bonchev–Trinajstić information content (AvgIpc) is 3.31. The van der Waals surface area contributed by atoms with Gasteiger partial charge in [-0.05, 0) is 63.6 Å². The lowest BCUT2D eigenvalue weighted by Crippen LogP contribution is -2.44. The maximum atomic E-state index is 12.7. The Balaban J connectivity index is 1.34. The molecule has 1 aromatic rings. The highest BCUT2D eigenvalue weighted by molar-refractivity contribution is 5.79. The fourth-order valence-electron chi connectivity index (χ4n) is 4.96. The number of piperidine rings is 1. The summed E-state index contributed by atoms with van der Waals surface area (Å²) in [5.74, 6) is -0.230. The van der Waals surface area contributed by atoms with Gasteiger partial charge in [-0.1, -0.05) is 12.8 Å². The van der Waals surface area contributed by atoms with Crippen molar-refractivity contribution in [1.29, 1.82) is 0 Å². The molecule has 0 aromatic carbocycles. The lowest BCUT2D eigenvalue weighted by Gasteiger charge is -2.32. The van der Waals surface area contributed by atoms with Crippen LogP contribution in [0.3, 0.4) is 0 Å². The standard InChI is InChI=1S/C20H29F3N4O/c21-20(22,23)13-26-10-8-14(9-11-26)19(28)24-17-7-3-4-15-12-27(25-18(15)17)16-5-1-2-6-16/h12,14,16-17H,1-11,13H2,(H,24,28)/t17-/m0/s1. The highest BCUT2D eigenvalue weighted by Crippen LogP contribution is 2.34. The molecule has 2 heterocycles. The molecule has 2 aliphatic carbocycles. The molecule has 156 valence electrons. The summed E-state index contributed by atoms with van der Waals surface area (Å²) in [5, 5.41) is 7.99. The van der Waals surface area contributed by atoms with Gasteiger partial charge in [0, 0.05) is 12.1 Å². The summed E-state index contributed by atoms with van der Waals surface area (Å²) in [4.78, 5) is 14.1. The van der Waals surface area contributed by atoms with Crippen molar-refractivity contribution >= 4 is 5.91 Å². The average molecular weight is 398 g/mol. The first kappa shape index (κ1) is 19.7. The Morgan fingerprint density at radius 2 is 1.82 bits per heavy atom. The van der Waals surface area contributed by atoms with Crippen molar-refractivity contribution in [3.8, 4) is 0 Å².